The lowest BCUT2D eigenvalue weighted by atomic mass is 10.1. The van der Waals surface area contributed by atoms with E-state index in [1.807, 2.05) is 13.0 Å². The van der Waals surface area contributed by atoms with Gasteiger partial charge in [0.15, 0.2) is 0 Å². The smallest absolute Gasteiger partial charge is 0.244 e. The SMILES string of the molecule is CCOC1CCN(S(=O)(=O)c2ccc(C#N)cc2Cl)CC1. The molecule has 0 aromatic heterocycles. The van der Waals surface area contributed by atoms with Crippen molar-refractivity contribution in [3.63, 3.8) is 0 Å². The quantitative estimate of drug-likeness (QED) is 0.851. The van der Waals surface area contributed by atoms with Gasteiger partial charge < -0.3 is 4.74 Å². The Balaban J connectivity index is 2.18. The number of hydrogen-bond donors (Lipinski definition) is 0. The molecule has 0 radical (unpaired) electrons. The first-order chi connectivity index (χ1) is 9.98. The first kappa shape index (κ1) is 16.2. The molecule has 21 heavy (non-hydrogen) atoms. The van der Waals surface area contributed by atoms with Crippen molar-refractivity contribution in [1.29, 1.82) is 5.26 Å². The fourth-order valence-corrected chi connectivity index (χ4v) is 4.38. The van der Waals surface area contributed by atoms with Gasteiger partial charge in [-0.25, -0.2) is 8.42 Å². The number of benzene rings is 1. The Morgan fingerprint density at radius 3 is 2.62 bits per heavy atom. The number of halogens is 1. The predicted octanol–water partition coefficient (Wildman–Crippen LogP) is 2.40. The summed E-state index contributed by atoms with van der Waals surface area (Å²) in [6.45, 7) is 3.41. The van der Waals surface area contributed by atoms with Gasteiger partial charge in [0.25, 0.3) is 0 Å². The lowest BCUT2D eigenvalue weighted by Gasteiger charge is -2.31. The summed E-state index contributed by atoms with van der Waals surface area (Å²) in [5, 5.41) is 8.89. The lowest BCUT2D eigenvalue weighted by Crippen LogP contribution is -2.40. The molecule has 1 aromatic carbocycles. The monoisotopic (exact) mass is 328 g/mol. The van der Waals surface area contributed by atoms with E-state index in [1.54, 1.807) is 0 Å². The zero-order valence-electron chi connectivity index (χ0n) is 11.8. The first-order valence-corrected chi connectivity index (χ1v) is 8.62. The minimum atomic E-state index is -3.62. The molecule has 1 aliphatic rings. The maximum Gasteiger partial charge on any atom is 0.244 e. The summed E-state index contributed by atoms with van der Waals surface area (Å²) >= 11 is 6.01. The van der Waals surface area contributed by atoms with Crippen LogP contribution in [0.5, 0.6) is 0 Å². The first-order valence-electron chi connectivity index (χ1n) is 6.80. The van der Waals surface area contributed by atoms with Crippen LogP contribution in [0, 0.1) is 11.3 Å². The van der Waals surface area contributed by atoms with Gasteiger partial charge >= 0.3 is 0 Å². The van der Waals surface area contributed by atoms with Gasteiger partial charge in [0.2, 0.25) is 10.0 Å². The Labute approximate surface area is 130 Å². The van der Waals surface area contributed by atoms with Crippen molar-refractivity contribution < 1.29 is 13.2 Å². The van der Waals surface area contributed by atoms with Crippen LogP contribution < -0.4 is 0 Å². The molecule has 114 valence electrons. The Morgan fingerprint density at radius 2 is 2.10 bits per heavy atom. The van der Waals surface area contributed by atoms with E-state index in [2.05, 4.69) is 0 Å². The molecule has 1 aromatic rings. The van der Waals surface area contributed by atoms with Gasteiger partial charge in [-0.05, 0) is 38.0 Å². The van der Waals surface area contributed by atoms with E-state index in [1.165, 1.54) is 22.5 Å². The summed E-state index contributed by atoms with van der Waals surface area (Å²) in [5.41, 5.74) is 0.342. The molecule has 0 N–H and O–H groups in total. The summed E-state index contributed by atoms with van der Waals surface area (Å²) in [6, 6.07) is 6.17. The highest BCUT2D eigenvalue weighted by Crippen LogP contribution is 2.28. The van der Waals surface area contributed by atoms with Crippen LogP contribution >= 0.6 is 11.6 Å². The van der Waals surface area contributed by atoms with Crippen molar-refractivity contribution in [3.05, 3.63) is 28.8 Å². The summed E-state index contributed by atoms with van der Waals surface area (Å²) < 4.78 is 32.1. The van der Waals surface area contributed by atoms with Gasteiger partial charge in [-0.2, -0.15) is 9.57 Å². The number of hydrogen-bond acceptors (Lipinski definition) is 4. The largest absolute Gasteiger partial charge is 0.378 e. The van der Waals surface area contributed by atoms with E-state index < -0.39 is 10.0 Å². The second-order valence-electron chi connectivity index (χ2n) is 4.82. The summed E-state index contributed by atoms with van der Waals surface area (Å²) in [7, 11) is -3.62. The summed E-state index contributed by atoms with van der Waals surface area (Å²) in [6.07, 6.45) is 1.49. The van der Waals surface area contributed by atoms with Crippen molar-refractivity contribution >= 4 is 21.6 Å². The van der Waals surface area contributed by atoms with Crippen LogP contribution in [0.25, 0.3) is 0 Å². The van der Waals surface area contributed by atoms with Gasteiger partial charge in [-0.3, -0.25) is 0 Å². The van der Waals surface area contributed by atoms with E-state index in [-0.39, 0.29) is 16.0 Å². The van der Waals surface area contributed by atoms with Crippen molar-refractivity contribution in [3.8, 4) is 6.07 Å². The number of nitriles is 1. The van der Waals surface area contributed by atoms with Crippen LogP contribution in [0.3, 0.4) is 0 Å². The number of piperidine rings is 1. The van der Waals surface area contributed by atoms with Crippen molar-refractivity contribution in [2.45, 2.75) is 30.8 Å². The average molecular weight is 329 g/mol. The third-order valence-electron chi connectivity index (χ3n) is 3.48. The third kappa shape index (κ3) is 3.55. The molecular formula is C14H17ClN2O3S. The normalized spacial score (nSPS) is 17.6. The molecule has 1 heterocycles. The highest BCUT2D eigenvalue weighted by Gasteiger charge is 2.31. The zero-order chi connectivity index (χ0) is 15.5. The standard InChI is InChI=1S/C14H17ClN2O3S/c1-2-20-12-5-7-17(8-6-12)21(18,19)14-4-3-11(10-16)9-13(14)15/h3-4,9,12H,2,5-8H2,1H3. The van der Waals surface area contributed by atoms with Crippen molar-refractivity contribution in [1.82, 2.24) is 4.31 Å². The molecule has 7 heteroatoms. The number of rotatable bonds is 4. The van der Waals surface area contributed by atoms with Crippen LogP contribution in [-0.4, -0.2) is 38.5 Å². The molecule has 0 spiro atoms. The summed E-state index contributed by atoms with van der Waals surface area (Å²) in [4.78, 5) is 0.0537. The Morgan fingerprint density at radius 1 is 1.43 bits per heavy atom. The fraction of sp³-hybridized carbons (Fsp3) is 0.500. The Kier molecular flexibility index (Phi) is 5.22. The number of sulfonamides is 1. The zero-order valence-corrected chi connectivity index (χ0v) is 13.3. The maximum absolute atomic E-state index is 12.6. The lowest BCUT2D eigenvalue weighted by molar-refractivity contribution is 0.0290. The van der Waals surface area contributed by atoms with Gasteiger partial charge in [0.1, 0.15) is 4.90 Å². The minimum Gasteiger partial charge on any atom is -0.378 e. The molecule has 0 atom stereocenters. The van der Waals surface area contributed by atoms with Gasteiger partial charge in [-0.1, -0.05) is 11.6 Å². The van der Waals surface area contributed by atoms with Crippen molar-refractivity contribution in [2.75, 3.05) is 19.7 Å². The maximum atomic E-state index is 12.6. The fourth-order valence-electron chi connectivity index (χ4n) is 2.39. The van der Waals surface area contributed by atoms with E-state index in [4.69, 9.17) is 21.6 Å². The molecule has 2 rings (SSSR count). The second-order valence-corrected chi connectivity index (χ2v) is 7.13. The third-order valence-corrected chi connectivity index (χ3v) is 5.86. The molecule has 0 aliphatic carbocycles. The van der Waals surface area contributed by atoms with Crippen LogP contribution in [0.15, 0.2) is 23.1 Å². The highest BCUT2D eigenvalue weighted by atomic mass is 35.5. The van der Waals surface area contributed by atoms with Gasteiger partial charge in [-0.15, -0.1) is 0 Å². The van der Waals surface area contributed by atoms with E-state index in [9.17, 15) is 8.42 Å². The van der Waals surface area contributed by atoms with Crippen LogP contribution in [-0.2, 0) is 14.8 Å². The molecule has 5 nitrogen and oxygen atoms in total. The summed E-state index contributed by atoms with van der Waals surface area (Å²) in [5.74, 6) is 0. The van der Waals surface area contributed by atoms with Gasteiger partial charge in [0.05, 0.1) is 22.8 Å². The van der Waals surface area contributed by atoms with Crippen LogP contribution in [0.4, 0.5) is 0 Å². The molecule has 0 unspecified atom stereocenters. The van der Waals surface area contributed by atoms with E-state index in [0.717, 1.165) is 0 Å². The number of ether oxygens (including phenoxy) is 1. The molecule has 0 amide bonds. The Hall–Kier alpha value is -1.13. The molecular weight excluding hydrogens is 312 g/mol. The number of nitrogens with zero attached hydrogens (tertiary/aromatic N) is 2. The highest BCUT2D eigenvalue weighted by molar-refractivity contribution is 7.89. The van der Waals surface area contributed by atoms with E-state index >= 15 is 0 Å². The minimum absolute atomic E-state index is 0.0537. The topological polar surface area (TPSA) is 70.4 Å². The molecule has 1 fully saturated rings. The second kappa shape index (κ2) is 6.75. The van der Waals surface area contributed by atoms with Crippen LogP contribution in [0.2, 0.25) is 5.02 Å². The average Bonchev–Trinajstić information content (AvgIpc) is 2.47. The van der Waals surface area contributed by atoms with Gasteiger partial charge in [0, 0.05) is 19.7 Å². The molecule has 0 saturated carbocycles. The Bertz CT molecular complexity index is 647. The molecule has 1 saturated heterocycles. The molecule has 1 aliphatic heterocycles. The van der Waals surface area contributed by atoms with E-state index in [0.29, 0.717) is 38.1 Å². The predicted molar refractivity (Wildman–Crippen MR) is 79.6 cm³/mol. The molecule has 0 bridgehead atoms. The van der Waals surface area contributed by atoms with Crippen LogP contribution in [0.1, 0.15) is 25.3 Å². The van der Waals surface area contributed by atoms with Crippen molar-refractivity contribution in [2.24, 2.45) is 0 Å².